The monoisotopic (exact) mass is 441 g/mol. The average Bonchev–Trinajstić information content (AvgIpc) is 3.01. The Morgan fingerprint density at radius 3 is 2.62 bits per heavy atom. The third-order valence-electron chi connectivity index (χ3n) is 5.01. The lowest BCUT2D eigenvalue weighted by molar-refractivity contribution is -0.137. The number of aryl methyl sites for hydroxylation is 2. The number of alkyl halides is 3. The third-order valence-corrected chi connectivity index (χ3v) is 5.01. The summed E-state index contributed by atoms with van der Waals surface area (Å²) < 4.78 is 55.1. The van der Waals surface area contributed by atoms with E-state index in [-0.39, 0.29) is 12.1 Å². The first-order chi connectivity index (χ1) is 15.1. The van der Waals surface area contributed by atoms with Crippen molar-refractivity contribution in [3.63, 3.8) is 0 Å². The lowest BCUT2D eigenvalue weighted by Crippen LogP contribution is -2.08. The fraction of sp³-hybridized carbons (Fsp3) is 0.174. The summed E-state index contributed by atoms with van der Waals surface area (Å²) in [5.41, 5.74) is 2.88. The standard InChI is InChI=1S/C23H19F4N5/c1-13(30-18-9-17(11-28-12-18)23(25,26)27)6-15-4-5-19(21(24)7-15)16-8-20-14(2)31-32(3)22(20)29-10-16/h4-5,7-12,30H,1,6H2,2-3H3. The molecule has 0 amide bonds. The molecule has 0 unspecified atom stereocenters. The van der Waals surface area contributed by atoms with E-state index in [1.54, 1.807) is 30.1 Å². The van der Waals surface area contributed by atoms with E-state index in [9.17, 15) is 17.6 Å². The van der Waals surface area contributed by atoms with Crippen LogP contribution in [0.1, 0.15) is 16.8 Å². The highest BCUT2D eigenvalue weighted by Gasteiger charge is 2.31. The molecule has 1 aromatic carbocycles. The first-order valence-corrected chi connectivity index (χ1v) is 9.67. The second-order valence-corrected chi connectivity index (χ2v) is 7.48. The average molecular weight is 441 g/mol. The number of nitrogens with zero attached hydrogens (tertiary/aromatic N) is 4. The van der Waals surface area contributed by atoms with Crippen LogP contribution in [0, 0.1) is 12.7 Å². The van der Waals surface area contributed by atoms with Gasteiger partial charge < -0.3 is 5.32 Å². The minimum absolute atomic E-state index is 0.160. The van der Waals surface area contributed by atoms with E-state index >= 15 is 0 Å². The van der Waals surface area contributed by atoms with Gasteiger partial charge in [0.1, 0.15) is 5.82 Å². The van der Waals surface area contributed by atoms with Crippen LogP contribution >= 0.6 is 0 Å². The number of nitrogens with one attached hydrogen (secondary N) is 1. The van der Waals surface area contributed by atoms with Crippen molar-refractivity contribution in [1.29, 1.82) is 0 Å². The molecule has 4 rings (SSSR count). The molecule has 164 valence electrons. The van der Waals surface area contributed by atoms with Crippen molar-refractivity contribution in [2.75, 3.05) is 5.32 Å². The molecule has 0 aliphatic heterocycles. The molecule has 4 aromatic rings. The van der Waals surface area contributed by atoms with E-state index in [1.165, 1.54) is 12.3 Å². The van der Waals surface area contributed by atoms with Crippen molar-refractivity contribution in [3.8, 4) is 11.1 Å². The molecule has 0 radical (unpaired) electrons. The van der Waals surface area contributed by atoms with Crippen LogP contribution in [-0.4, -0.2) is 19.7 Å². The second-order valence-electron chi connectivity index (χ2n) is 7.48. The van der Waals surface area contributed by atoms with Crippen LogP contribution in [0.2, 0.25) is 0 Å². The molecule has 3 aromatic heterocycles. The zero-order valence-electron chi connectivity index (χ0n) is 17.3. The Bertz CT molecular complexity index is 1320. The number of aromatic nitrogens is 4. The van der Waals surface area contributed by atoms with Crippen molar-refractivity contribution < 1.29 is 17.6 Å². The summed E-state index contributed by atoms with van der Waals surface area (Å²) >= 11 is 0. The van der Waals surface area contributed by atoms with E-state index in [4.69, 9.17) is 0 Å². The Morgan fingerprint density at radius 2 is 1.91 bits per heavy atom. The maximum Gasteiger partial charge on any atom is 0.417 e. The molecule has 0 aliphatic rings. The number of rotatable bonds is 5. The first-order valence-electron chi connectivity index (χ1n) is 9.67. The van der Waals surface area contributed by atoms with Gasteiger partial charge in [-0.25, -0.2) is 9.37 Å². The fourth-order valence-corrected chi connectivity index (χ4v) is 3.52. The van der Waals surface area contributed by atoms with Gasteiger partial charge in [0, 0.05) is 48.1 Å². The Morgan fingerprint density at radius 1 is 1.12 bits per heavy atom. The maximum absolute atomic E-state index is 14.9. The van der Waals surface area contributed by atoms with Crippen LogP contribution in [0.5, 0.6) is 0 Å². The summed E-state index contributed by atoms with van der Waals surface area (Å²) in [6.07, 6.45) is -0.638. The van der Waals surface area contributed by atoms with Gasteiger partial charge in [-0.2, -0.15) is 18.3 Å². The second kappa shape index (κ2) is 8.07. The Kier molecular flexibility index (Phi) is 5.41. The number of benzene rings is 1. The van der Waals surface area contributed by atoms with Gasteiger partial charge in [-0.1, -0.05) is 18.7 Å². The predicted octanol–water partition coefficient (Wildman–Crippen LogP) is 5.66. The van der Waals surface area contributed by atoms with Crippen molar-refractivity contribution >= 4 is 16.7 Å². The molecule has 32 heavy (non-hydrogen) atoms. The lowest BCUT2D eigenvalue weighted by Gasteiger charge is -2.13. The highest BCUT2D eigenvalue weighted by atomic mass is 19.4. The molecule has 0 atom stereocenters. The van der Waals surface area contributed by atoms with Gasteiger partial charge in [-0.05, 0) is 30.7 Å². The molecule has 0 spiro atoms. The van der Waals surface area contributed by atoms with Crippen molar-refractivity contribution in [2.24, 2.45) is 7.05 Å². The molecule has 0 aliphatic carbocycles. The van der Waals surface area contributed by atoms with E-state index in [2.05, 4.69) is 27.0 Å². The van der Waals surface area contributed by atoms with E-state index in [1.807, 2.05) is 13.0 Å². The summed E-state index contributed by atoms with van der Waals surface area (Å²) in [7, 11) is 1.80. The summed E-state index contributed by atoms with van der Waals surface area (Å²) in [5, 5.41) is 7.97. The molecule has 0 bridgehead atoms. The van der Waals surface area contributed by atoms with Gasteiger partial charge >= 0.3 is 6.18 Å². The van der Waals surface area contributed by atoms with E-state index in [0.29, 0.717) is 22.4 Å². The number of anilines is 1. The molecule has 0 saturated heterocycles. The summed E-state index contributed by atoms with van der Waals surface area (Å²) in [4.78, 5) is 7.99. The molecule has 5 nitrogen and oxygen atoms in total. The van der Waals surface area contributed by atoms with Crippen molar-refractivity contribution in [1.82, 2.24) is 19.7 Å². The van der Waals surface area contributed by atoms with Gasteiger partial charge in [0.25, 0.3) is 0 Å². The molecular weight excluding hydrogens is 422 g/mol. The third kappa shape index (κ3) is 4.32. The van der Waals surface area contributed by atoms with Crippen LogP contribution in [0.15, 0.2) is 61.2 Å². The zero-order chi connectivity index (χ0) is 23.0. The lowest BCUT2D eigenvalue weighted by atomic mass is 10.0. The zero-order valence-corrected chi connectivity index (χ0v) is 17.3. The molecule has 1 N–H and O–H groups in total. The normalized spacial score (nSPS) is 11.7. The molecule has 3 heterocycles. The van der Waals surface area contributed by atoms with E-state index in [0.717, 1.165) is 29.0 Å². The van der Waals surface area contributed by atoms with Crippen LogP contribution < -0.4 is 5.32 Å². The smallest absolute Gasteiger partial charge is 0.358 e. The Labute approximate surface area is 181 Å². The fourth-order valence-electron chi connectivity index (χ4n) is 3.52. The molecule has 0 saturated carbocycles. The highest BCUT2D eigenvalue weighted by Crippen LogP contribution is 2.31. The number of allylic oxidation sites excluding steroid dienone is 1. The van der Waals surface area contributed by atoms with Crippen molar-refractivity contribution in [2.45, 2.75) is 19.5 Å². The quantitative estimate of drug-likeness (QED) is 0.406. The minimum Gasteiger partial charge on any atom is -0.358 e. The van der Waals surface area contributed by atoms with Crippen LogP contribution in [0.3, 0.4) is 0 Å². The number of pyridine rings is 2. The Hall–Kier alpha value is -3.75. The van der Waals surface area contributed by atoms with Gasteiger partial charge in [0.15, 0.2) is 5.65 Å². The van der Waals surface area contributed by atoms with Crippen LogP contribution in [-0.2, 0) is 19.6 Å². The first kappa shape index (κ1) is 21.5. The summed E-state index contributed by atoms with van der Waals surface area (Å²) in [6.45, 7) is 5.70. The van der Waals surface area contributed by atoms with Gasteiger partial charge in [0.2, 0.25) is 0 Å². The number of fused-ring (bicyclic) bond motifs is 1. The number of hydrogen-bond acceptors (Lipinski definition) is 4. The summed E-state index contributed by atoms with van der Waals surface area (Å²) in [5.74, 6) is -0.432. The van der Waals surface area contributed by atoms with Crippen LogP contribution in [0.25, 0.3) is 22.2 Å². The topological polar surface area (TPSA) is 55.6 Å². The Balaban J connectivity index is 1.51. The predicted molar refractivity (Wildman–Crippen MR) is 114 cm³/mol. The SMILES string of the molecule is C=C(Cc1ccc(-c2cnc3c(c2)c(C)nn3C)c(F)c1)Nc1cncc(C(F)(F)F)c1. The van der Waals surface area contributed by atoms with E-state index < -0.39 is 17.6 Å². The van der Waals surface area contributed by atoms with Crippen molar-refractivity contribution in [3.05, 3.63) is 83.8 Å². The van der Waals surface area contributed by atoms with Gasteiger partial charge in [-0.3, -0.25) is 9.67 Å². The molecule has 9 heteroatoms. The number of hydrogen-bond donors (Lipinski definition) is 1. The van der Waals surface area contributed by atoms with Gasteiger partial charge in [-0.15, -0.1) is 0 Å². The van der Waals surface area contributed by atoms with Gasteiger partial charge in [0.05, 0.1) is 23.1 Å². The summed E-state index contributed by atoms with van der Waals surface area (Å²) in [6, 6.07) is 7.58. The molecule has 0 fully saturated rings. The largest absolute Gasteiger partial charge is 0.417 e. The number of halogens is 4. The maximum atomic E-state index is 14.9. The minimum atomic E-state index is -4.49. The van der Waals surface area contributed by atoms with Crippen LogP contribution in [0.4, 0.5) is 23.2 Å². The highest BCUT2D eigenvalue weighted by molar-refractivity contribution is 5.83. The molecular formula is C23H19F4N5.